The molecule has 2 aromatic carbocycles. The van der Waals surface area contributed by atoms with Crippen LogP contribution in [0.25, 0.3) is 0 Å². The third-order valence-electron chi connectivity index (χ3n) is 15.9. The molecule has 6 rings (SSSR count). The maximum absolute atomic E-state index is 15.2. The Labute approximate surface area is 617 Å². The first-order valence-corrected chi connectivity index (χ1v) is 39.6. The Morgan fingerprint density at radius 2 is 1.07 bits per heavy atom. The van der Waals surface area contributed by atoms with Gasteiger partial charge in [-0.2, -0.15) is 0 Å². The van der Waals surface area contributed by atoms with Crippen molar-refractivity contribution >= 4 is 165 Å². The number of carboxylic acid groups (broad SMARTS) is 2. The van der Waals surface area contributed by atoms with Gasteiger partial charge in [-0.1, -0.05) is 89.0 Å². The lowest BCUT2D eigenvalue weighted by Crippen LogP contribution is -2.62. The zero-order valence-electron chi connectivity index (χ0n) is 56.0. The van der Waals surface area contributed by atoms with Gasteiger partial charge >= 0.3 is 11.9 Å². The number of carbonyl (C=O) groups excluding carboxylic acids is 15. The molecule has 4 bridgehead atoms. The summed E-state index contributed by atoms with van der Waals surface area (Å²) in [5.41, 5.74) is 6.24. The maximum atomic E-state index is 15.2. The van der Waals surface area contributed by atoms with Gasteiger partial charge in [0.25, 0.3) is 0 Å². The van der Waals surface area contributed by atoms with Crippen LogP contribution in [0, 0.1) is 0 Å². The predicted octanol–water partition coefficient (Wildman–Crippen LogP) is -5.76. The molecule has 0 radical (unpaired) electrons. The highest BCUT2D eigenvalue weighted by molar-refractivity contribution is 8.77. The number of rotatable bonds is 14. The standard InChI is InChI=1S/C61H81N15O22S6/c1-27-49(85)71-43-26-104-103-23-40-54(90)67-34(14-15-47(83)84)50(86)68-35(17-30-6-10-32(79)11-7-30)51(87)72-42(25-102-100-22-39(66-46(82)20-63-59(95)48(28(2)77)75-57(43)93)53(89)70-37(61(97)98)18-31-8-12-33(80)13-9-31)56(92)74-41(24-101-99-21-38(52(88)73-40)65-29(3)78)55(91)69-36(19-45(62)81)60(96)76-16-4-5-44(76)58(94)64-27/h6-13,27-28,34-44,48,77,79-80H,4-5,14-26H2,1-3H3,(H2,62,81)(H,63,95)(H,64,94)(H,65,78)(H,66,82)(H,67,90)(H,68,86)(H,69,91)(H,70,89)(H,71,85)(H,72,87)(H,73,88)(H,74,92)(H,75,93)(H,83,84)(H,97,98)/t27-,28+,34-,35-,36-,37-,38-,39-,40-,41-,42-,43+,44-,48-/m0/s1. The quantitative estimate of drug-likeness (QED) is 0.0619. The van der Waals surface area contributed by atoms with E-state index in [0.717, 1.165) is 72.7 Å². The lowest BCUT2D eigenvalue weighted by Gasteiger charge is -2.30. The Hall–Kier alpha value is -8.91. The van der Waals surface area contributed by atoms with Crippen LogP contribution in [-0.2, 0) is 94.3 Å². The minimum absolute atomic E-state index is 0.0259. The fraction of sp³-hybridized carbons (Fsp3) is 0.525. The average molecular weight is 1570 g/mol. The van der Waals surface area contributed by atoms with Crippen molar-refractivity contribution in [1.82, 2.24) is 74.0 Å². The van der Waals surface area contributed by atoms with Crippen molar-refractivity contribution in [3.05, 3.63) is 59.7 Å². The number of hydrogen-bond acceptors (Lipinski definition) is 26. The Morgan fingerprint density at radius 1 is 0.577 bits per heavy atom. The summed E-state index contributed by atoms with van der Waals surface area (Å²) in [6, 6.07) is -12.2. The van der Waals surface area contributed by atoms with Crippen LogP contribution in [0.5, 0.6) is 11.5 Å². The number of aromatic hydroxyl groups is 2. The molecule has 0 aliphatic carbocycles. The number of nitrogens with one attached hydrogen (secondary N) is 13. The fourth-order valence-corrected chi connectivity index (χ4v) is 17.4. The molecule has 2 aromatic rings. The molecule has 4 saturated heterocycles. The van der Waals surface area contributed by atoms with Gasteiger partial charge in [-0.15, -0.1) is 0 Å². The molecule has 568 valence electrons. The monoisotopic (exact) mass is 1570 g/mol. The number of fused-ring (bicyclic) bond motifs is 20. The molecular formula is C61H81N15O22S6. The summed E-state index contributed by atoms with van der Waals surface area (Å²) in [6.07, 6.45) is -4.88. The molecule has 0 aromatic heterocycles. The van der Waals surface area contributed by atoms with Crippen molar-refractivity contribution in [2.45, 2.75) is 150 Å². The summed E-state index contributed by atoms with van der Waals surface area (Å²) < 4.78 is 0. The van der Waals surface area contributed by atoms with Gasteiger partial charge in [0, 0.05) is 67.2 Å². The highest BCUT2D eigenvalue weighted by atomic mass is 33.1. The van der Waals surface area contributed by atoms with Crippen molar-refractivity contribution in [1.29, 1.82) is 0 Å². The smallest absolute Gasteiger partial charge is 0.326 e. The third-order valence-corrected chi connectivity index (χ3v) is 23.2. The van der Waals surface area contributed by atoms with Gasteiger partial charge in [0.05, 0.1) is 19.1 Å². The summed E-state index contributed by atoms with van der Waals surface area (Å²) in [7, 11) is 4.56. The number of carboxylic acids is 2. The van der Waals surface area contributed by atoms with E-state index >= 15 is 9.59 Å². The number of aliphatic carboxylic acids is 2. The van der Waals surface area contributed by atoms with Crippen LogP contribution in [0.15, 0.2) is 48.5 Å². The molecule has 15 amide bonds. The van der Waals surface area contributed by atoms with E-state index in [4.69, 9.17) is 5.73 Å². The lowest BCUT2D eigenvalue weighted by atomic mass is 10.0. The van der Waals surface area contributed by atoms with Gasteiger partial charge in [0.15, 0.2) is 0 Å². The van der Waals surface area contributed by atoms with Crippen molar-refractivity contribution in [3.63, 3.8) is 0 Å². The normalized spacial score (nSPS) is 26.8. The van der Waals surface area contributed by atoms with Gasteiger partial charge in [-0.3, -0.25) is 76.7 Å². The molecule has 4 aliphatic heterocycles. The van der Waals surface area contributed by atoms with Crippen LogP contribution in [0.1, 0.15) is 64.0 Å². The summed E-state index contributed by atoms with van der Waals surface area (Å²) >= 11 is 0. The third kappa shape index (κ3) is 26.7. The molecule has 0 saturated carbocycles. The van der Waals surface area contributed by atoms with E-state index in [1.807, 2.05) is 0 Å². The Kier molecular flexibility index (Phi) is 33.1. The summed E-state index contributed by atoms with van der Waals surface area (Å²) in [4.78, 5) is 241. The van der Waals surface area contributed by atoms with Gasteiger partial charge in [-0.25, -0.2) is 4.79 Å². The zero-order chi connectivity index (χ0) is 76.5. The first-order chi connectivity index (χ1) is 49.3. The van der Waals surface area contributed by atoms with Crippen molar-refractivity contribution in [3.8, 4) is 11.5 Å². The number of nitrogens with zero attached hydrogens (tertiary/aromatic N) is 1. The van der Waals surface area contributed by atoms with E-state index in [9.17, 15) is 97.5 Å². The van der Waals surface area contributed by atoms with Crippen LogP contribution in [0.2, 0.25) is 0 Å². The second kappa shape index (κ2) is 41.0. The minimum Gasteiger partial charge on any atom is -0.508 e. The van der Waals surface area contributed by atoms with Gasteiger partial charge in [0.1, 0.15) is 90.0 Å². The van der Waals surface area contributed by atoms with Crippen molar-refractivity contribution in [2.75, 3.05) is 47.6 Å². The average Bonchev–Trinajstić information content (AvgIpc) is 1.62. The SMILES string of the molecule is CC(=O)N[C@H]1CSSC[C@@H]2NC(=O)[C@@H]3CSSC[C@@H](C(=O)N[C@@H](Cc4ccc(O)cc4)C(=O)O)NC(=O)CNC(=O)[C@H]([C@@H](C)O)NC(=O)[C@@H](CSSC[C@H](NC1=O)C(=O)N[C@@H](CCC(=O)O)C(=O)N[C@@H](Cc1ccc(O)cc1)C(=O)N3)NC(=O)[C@H](C)NC(=O)[C@@H]1CCCN1C(=O)[C@H](CC(N)=O)NC2=O. The second-order valence-electron chi connectivity index (χ2n) is 24.1. The predicted molar refractivity (Wildman–Crippen MR) is 381 cm³/mol. The molecule has 0 spiro atoms. The van der Waals surface area contributed by atoms with Crippen molar-refractivity contribution in [2.24, 2.45) is 5.73 Å². The molecule has 43 heteroatoms. The summed E-state index contributed by atoms with van der Waals surface area (Å²) in [5, 5.41) is 83.0. The van der Waals surface area contributed by atoms with Crippen LogP contribution in [0.3, 0.4) is 0 Å². The molecule has 0 unspecified atom stereocenters. The lowest BCUT2D eigenvalue weighted by molar-refractivity contribution is -0.143. The van der Waals surface area contributed by atoms with Gasteiger partial charge in [-0.05, 0) is 68.5 Å². The number of aliphatic hydroxyl groups excluding tert-OH is 1. The Morgan fingerprint density at radius 3 is 1.62 bits per heavy atom. The van der Waals surface area contributed by atoms with E-state index < -0.39 is 246 Å². The van der Waals surface area contributed by atoms with Crippen molar-refractivity contribution < 1.29 is 107 Å². The summed E-state index contributed by atoms with van der Waals surface area (Å²) in [5.74, 6) is -23.1. The number of amides is 15. The van der Waals surface area contributed by atoms with Crippen LogP contribution < -0.4 is 74.9 Å². The van der Waals surface area contributed by atoms with Gasteiger partial charge in [0.2, 0.25) is 88.6 Å². The van der Waals surface area contributed by atoms with Gasteiger partial charge < -0.3 is 105 Å². The highest BCUT2D eigenvalue weighted by Gasteiger charge is 2.42. The van der Waals surface area contributed by atoms with Crippen LogP contribution in [-0.4, -0.2) is 263 Å². The molecular weight excluding hydrogens is 1490 g/mol. The number of hydrogen-bond donors (Lipinski definition) is 19. The number of carbonyl (C=O) groups is 17. The number of aliphatic hydroxyl groups is 1. The molecule has 4 heterocycles. The minimum atomic E-state index is -1.95. The summed E-state index contributed by atoms with van der Waals surface area (Å²) in [6.45, 7) is 2.19. The van der Waals surface area contributed by atoms with E-state index in [0.29, 0.717) is 16.4 Å². The van der Waals surface area contributed by atoms with E-state index in [2.05, 4.69) is 69.1 Å². The first-order valence-electron chi connectivity index (χ1n) is 32.2. The zero-order valence-corrected chi connectivity index (χ0v) is 60.9. The second-order valence-corrected chi connectivity index (χ2v) is 31.8. The molecule has 4 fully saturated rings. The van der Waals surface area contributed by atoms with E-state index in [-0.39, 0.29) is 48.6 Å². The Balaban J connectivity index is 1.58. The van der Waals surface area contributed by atoms with Crippen LogP contribution >= 0.6 is 64.8 Å². The first kappa shape index (κ1) is 84.0. The molecule has 4 aliphatic rings. The number of benzene rings is 2. The number of primary amides is 1. The fourth-order valence-electron chi connectivity index (χ4n) is 10.4. The number of phenols is 2. The molecule has 20 N–H and O–H groups in total. The van der Waals surface area contributed by atoms with E-state index in [1.165, 1.54) is 55.5 Å². The molecule has 104 heavy (non-hydrogen) atoms. The molecule has 37 nitrogen and oxygen atoms in total. The topological polar surface area (TPSA) is 577 Å². The highest BCUT2D eigenvalue weighted by Crippen LogP contribution is 2.28. The largest absolute Gasteiger partial charge is 0.508 e. The number of phenolic OH excluding ortho intramolecular Hbond substituents is 2. The molecule has 14 atom stereocenters. The van der Waals surface area contributed by atoms with E-state index in [1.54, 1.807) is 0 Å². The Bertz CT molecular complexity index is 3530. The van der Waals surface area contributed by atoms with Crippen LogP contribution in [0.4, 0.5) is 0 Å². The maximum Gasteiger partial charge on any atom is 0.326 e. The number of nitrogens with two attached hydrogens (primary N) is 1.